The topological polar surface area (TPSA) is 62.0 Å². The largest absolute Gasteiger partial charge is 0.497 e. The van der Waals surface area contributed by atoms with E-state index in [1.807, 2.05) is 50.1 Å². The van der Waals surface area contributed by atoms with Crippen LogP contribution in [0.4, 0.5) is 5.82 Å². The van der Waals surface area contributed by atoms with Gasteiger partial charge in [-0.3, -0.25) is 0 Å². The van der Waals surface area contributed by atoms with Crippen molar-refractivity contribution >= 4 is 5.82 Å². The molecule has 0 amide bonds. The molecule has 0 saturated heterocycles. The van der Waals surface area contributed by atoms with Crippen molar-refractivity contribution in [3.05, 3.63) is 46.6 Å². The quantitative estimate of drug-likeness (QED) is 0.862. The highest BCUT2D eigenvalue weighted by Crippen LogP contribution is 2.22. The van der Waals surface area contributed by atoms with Gasteiger partial charge in [0.25, 0.3) is 0 Å². The Bertz CT molecular complexity index is 674. The lowest BCUT2D eigenvalue weighted by Gasteiger charge is -2.20. The first kappa shape index (κ1) is 14.8. The second kappa shape index (κ2) is 6.23. The Hall–Kier alpha value is -2.61. The van der Waals surface area contributed by atoms with Gasteiger partial charge in [-0.1, -0.05) is 12.1 Å². The van der Waals surface area contributed by atoms with Gasteiger partial charge in [-0.05, 0) is 37.1 Å². The summed E-state index contributed by atoms with van der Waals surface area (Å²) in [5.74, 6) is 1.43. The third kappa shape index (κ3) is 3.11. The fourth-order valence-corrected chi connectivity index (χ4v) is 2.08. The molecule has 0 aliphatic rings. The van der Waals surface area contributed by atoms with Crippen LogP contribution >= 0.6 is 0 Å². The Balaban J connectivity index is 2.26. The first-order valence-electron chi connectivity index (χ1n) is 6.65. The van der Waals surface area contributed by atoms with Gasteiger partial charge in [0.05, 0.1) is 12.8 Å². The van der Waals surface area contributed by atoms with Crippen molar-refractivity contribution in [2.45, 2.75) is 20.4 Å². The second-order valence-electron chi connectivity index (χ2n) is 4.92. The number of benzene rings is 1. The lowest BCUT2D eigenvalue weighted by Crippen LogP contribution is -2.20. The number of anilines is 1. The molecule has 0 unspecified atom stereocenters. The van der Waals surface area contributed by atoms with E-state index in [0.29, 0.717) is 17.9 Å². The van der Waals surface area contributed by atoms with E-state index in [9.17, 15) is 5.26 Å². The molecule has 0 fully saturated rings. The van der Waals surface area contributed by atoms with Crippen LogP contribution < -0.4 is 9.64 Å². The standard InChI is InChI=1S/C16H18N4O/c1-11-12(2)18-19-16(15(11)9-17)20(3)10-13-5-7-14(21-4)8-6-13/h5-8H,10H2,1-4H3. The maximum absolute atomic E-state index is 9.35. The van der Waals surface area contributed by atoms with Crippen molar-refractivity contribution in [2.75, 3.05) is 19.1 Å². The van der Waals surface area contributed by atoms with Crippen molar-refractivity contribution < 1.29 is 4.74 Å². The van der Waals surface area contributed by atoms with E-state index < -0.39 is 0 Å². The Labute approximate surface area is 124 Å². The van der Waals surface area contributed by atoms with Crippen LogP contribution in [0.15, 0.2) is 24.3 Å². The SMILES string of the molecule is COc1ccc(CN(C)c2nnc(C)c(C)c2C#N)cc1. The van der Waals surface area contributed by atoms with Crippen LogP contribution in [0, 0.1) is 25.2 Å². The average Bonchev–Trinajstić information content (AvgIpc) is 2.50. The molecule has 21 heavy (non-hydrogen) atoms. The van der Waals surface area contributed by atoms with Gasteiger partial charge in [0.2, 0.25) is 0 Å². The summed E-state index contributed by atoms with van der Waals surface area (Å²) in [6.07, 6.45) is 0. The van der Waals surface area contributed by atoms with Crippen molar-refractivity contribution in [1.82, 2.24) is 10.2 Å². The third-order valence-corrected chi connectivity index (χ3v) is 3.49. The summed E-state index contributed by atoms with van der Waals surface area (Å²) < 4.78 is 5.15. The maximum atomic E-state index is 9.35. The molecule has 0 bridgehead atoms. The molecule has 1 heterocycles. The van der Waals surface area contributed by atoms with E-state index in [-0.39, 0.29) is 0 Å². The van der Waals surface area contributed by atoms with Crippen molar-refractivity contribution in [3.8, 4) is 11.8 Å². The third-order valence-electron chi connectivity index (χ3n) is 3.49. The van der Waals surface area contributed by atoms with Crippen LogP contribution in [0.2, 0.25) is 0 Å². The number of hydrogen-bond donors (Lipinski definition) is 0. The maximum Gasteiger partial charge on any atom is 0.169 e. The molecule has 0 spiro atoms. The van der Waals surface area contributed by atoms with Gasteiger partial charge in [-0.15, -0.1) is 5.10 Å². The van der Waals surface area contributed by atoms with Gasteiger partial charge in [0.15, 0.2) is 5.82 Å². The number of methoxy groups -OCH3 is 1. The highest BCUT2D eigenvalue weighted by atomic mass is 16.5. The molecule has 0 atom stereocenters. The monoisotopic (exact) mass is 282 g/mol. The van der Waals surface area contributed by atoms with Gasteiger partial charge in [0.1, 0.15) is 17.4 Å². The zero-order valence-corrected chi connectivity index (χ0v) is 12.7. The molecule has 0 saturated carbocycles. The second-order valence-corrected chi connectivity index (χ2v) is 4.92. The normalized spacial score (nSPS) is 10.0. The number of nitriles is 1. The summed E-state index contributed by atoms with van der Waals surface area (Å²) in [5, 5.41) is 17.6. The summed E-state index contributed by atoms with van der Waals surface area (Å²) in [6.45, 7) is 4.40. The van der Waals surface area contributed by atoms with Gasteiger partial charge in [-0.25, -0.2) is 0 Å². The lowest BCUT2D eigenvalue weighted by atomic mass is 10.1. The minimum Gasteiger partial charge on any atom is -0.497 e. The minimum atomic E-state index is 0.582. The summed E-state index contributed by atoms with van der Waals surface area (Å²) in [5.41, 5.74) is 3.36. The van der Waals surface area contributed by atoms with E-state index in [0.717, 1.165) is 22.6 Å². The Morgan fingerprint density at radius 3 is 2.43 bits per heavy atom. The number of ether oxygens (including phenoxy) is 1. The molecular formula is C16H18N4O. The Morgan fingerprint density at radius 1 is 1.19 bits per heavy atom. The van der Waals surface area contributed by atoms with Gasteiger partial charge in [0, 0.05) is 13.6 Å². The molecule has 1 aromatic carbocycles. The number of nitrogens with zero attached hydrogens (tertiary/aromatic N) is 4. The zero-order chi connectivity index (χ0) is 15.4. The van der Waals surface area contributed by atoms with Crippen molar-refractivity contribution in [3.63, 3.8) is 0 Å². The minimum absolute atomic E-state index is 0.582. The van der Waals surface area contributed by atoms with Gasteiger partial charge in [-0.2, -0.15) is 10.4 Å². The highest BCUT2D eigenvalue weighted by molar-refractivity contribution is 5.57. The molecule has 0 aliphatic carbocycles. The van der Waals surface area contributed by atoms with Crippen LogP contribution in [0.1, 0.15) is 22.4 Å². The number of aryl methyl sites for hydroxylation is 1. The Morgan fingerprint density at radius 2 is 1.86 bits per heavy atom. The molecule has 108 valence electrons. The van der Waals surface area contributed by atoms with Gasteiger partial charge >= 0.3 is 0 Å². The lowest BCUT2D eigenvalue weighted by molar-refractivity contribution is 0.414. The number of aromatic nitrogens is 2. The number of rotatable bonds is 4. The van der Waals surface area contributed by atoms with E-state index in [2.05, 4.69) is 16.3 Å². The molecule has 2 rings (SSSR count). The molecule has 0 N–H and O–H groups in total. The predicted molar refractivity (Wildman–Crippen MR) is 81.3 cm³/mol. The summed E-state index contributed by atoms with van der Waals surface area (Å²) >= 11 is 0. The molecule has 2 aromatic rings. The van der Waals surface area contributed by atoms with E-state index >= 15 is 0 Å². The first-order chi connectivity index (χ1) is 10.1. The zero-order valence-electron chi connectivity index (χ0n) is 12.7. The summed E-state index contributed by atoms with van der Waals surface area (Å²) in [4.78, 5) is 1.93. The molecule has 5 heteroatoms. The molecule has 0 aliphatic heterocycles. The fraction of sp³-hybridized carbons (Fsp3) is 0.312. The van der Waals surface area contributed by atoms with Crippen LogP contribution in [0.3, 0.4) is 0 Å². The summed E-state index contributed by atoms with van der Waals surface area (Å²) in [7, 11) is 3.55. The van der Waals surface area contributed by atoms with Crippen LogP contribution in [-0.2, 0) is 6.54 Å². The predicted octanol–water partition coefficient (Wildman–Crippen LogP) is 2.61. The average molecular weight is 282 g/mol. The van der Waals surface area contributed by atoms with E-state index in [1.54, 1.807) is 7.11 Å². The van der Waals surface area contributed by atoms with E-state index in [1.165, 1.54) is 0 Å². The molecule has 1 aromatic heterocycles. The Kier molecular flexibility index (Phi) is 4.39. The fourth-order valence-electron chi connectivity index (χ4n) is 2.08. The summed E-state index contributed by atoms with van der Waals surface area (Å²) in [6, 6.07) is 10.1. The van der Waals surface area contributed by atoms with Crippen LogP contribution in [0.25, 0.3) is 0 Å². The smallest absolute Gasteiger partial charge is 0.169 e. The highest BCUT2D eigenvalue weighted by Gasteiger charge is 2.14. The number of hydrogen-bond acceptors (Lipinski definition) is 5. The van der Waals surface area contributed by atoms with Crippen molar-refractivity contribution in [2.24, 2.45) is 0 Å². The molecule has 5 nitrogen and oxygen atoms in total. The molecular weight excluding hydrogens is 264 g/mol. The molecule has 0 radical (unpaired) electrons. The van der Waals surface area contributed by atoms with Crippen LogP contribution in [0.5, 0.6) is 5.75 Å². The van der Waals surface area contributed by atoms with Gasteiger partial charge < -0.3 is 9.64 Å². The van der Waals surface area contributed by atoms with Crippen molar-refractivity contribution in [1.29, 1.82) is 5.26 Å². The van der Waals surface area contributed by atoms with Crippen LogP contribution in [-0.4, -0.2) is 24.4 Å². The first-order valence-corrected chi connectivity index (χ1v) is 6.65. The van der Waals surface area contributed by atoms with E-state index in [4.69, 9.17) is 4.74 Å².